The molecule has 0 atom stereocenters. The number of rotatable bonds is 16. The van der Waals surface area contributed by atoms with Gasteiger partial charge in [0.15, 0.2) is 34.3 Å². The molecule has 0 fully saturated rings. The van der Waals surface area contributed by atoms with Gasteiger partial charge >= 0.3 is 35.8 Å². The minimum absolute atomic E-state index is 0. The standard InChI is InChI=1S/C22H19NO7.C20H20N2O4.C20H17NO6.3CH4/c1-13(24)28-12-19-18-11-16(30-15-7-5-4-6-8-15)9-10-17(18)21(29-14(2)25)20(23-19)22(26)27-3;1-22(2)12-17-16-11-14(26-13-7-5-4-6-8-13)9-10-15(16)19(23)18(21-17)20(24)25-3;1-12(22)26-11-17-16-10-14(27-13-6-4-3-5-7-13)8-9-15(16)19(23)18(21-17)20(24)25-2;;;/h4-11H,12H2,1-3H3;4-11,23H,12H2,1-3H3;3-10,23H,11H2,1-2H3;3*1H4. The number of pyridine rings is 3. The number of hydrogen-bond acceptors (Lipinski definition) is 21. The zero-order valence-corrected chi connectivity index (χ0v) is 46.3. The summed E-state index contributed by atoms with van der Waals surface area (Å²) in [6, 6.07) is 42.9. The number of aromatic nitrogens is 3. The SMILES string of the molecule is C.C.C.COC(=O)c1nc(CN(C)C)c2cc(Oc3ccccc3)ccc2c1O.COC(=O)c1nc(COC(C)=O)c2cc(Oc3ccccc3)ccc2c1O.COC(=O)c1nc(COC(C)=O)c2cc(Oc3ccccc3)ccc2c1OC(C)=O. The van der Waals surface area contributed by atoms with Crippen LogP contribution in [0.15, 0.2) is 146 Å². The van der Waals surface area contributed by atoms with Gasteiger partial charge in [0.05, 0.1) is 38.4 Å². The van der Waals surface area contributed by atoms with Gasteiger partial charge in [0.2, 0.25) is 0 Å². The number of aromatic hydroxyl groups is 2. The molecule has 0 spiro atoms. The summed E-state index contributed by atoms with van der Waals surface area (Å²) in [6.07, 6.45) is 0. The summed E-state index contributed by atoms with van der Waals surface area (Å²) in [5.41, 5.74) is 0.713. The third kappa shape index (κ3) is 17.4. The van der Waals surface area contributed by atoms with E-state index in [9.17, 15) is 39.0 Å². The lowest BCUT2D eigenvalue weighted by molar-refractivity contribution is -0.143. The van der Waals surface area contributed by atoms with Crippen LogP contribution in [0.5, 0.6) is 51.7 Å². The Morgan fingerprint density at radius 2 is 0.733 bits per heavy atom. The van der Waals surface area contributed by atoms with Crippen LogP contribution in [0.25, 0.3) is 32.3 Å². The van der Waals surface area contributed by atoms with Gasteiger partial charge in [0.1, 0.15) is 47.7 Å². The van der Waals surface area contributed by atoms with E-state index in [0.29, 0.717) is 79.4 Å². The molecule has 0 saturated carbocycles. The Balaban J connectivity index is 0.000000272. The number of ether oxygens (including phenoxy) is 9. The summed E-state index contributed by atoms with van der Waals surface area (Å²) in [4.78, 5) is 84.9. The van der Waals surface area contributed by atoms with Crippen LogP contribution >= 0.6 is 0 Å². The molecule has 0 aliphatic rings. The molecule has 0 aliphatic heterocycles. The second-order valence-corrected chi connectivity index (χ2v) is 18.0. The molecule has 3 heterocycles. The van der Waals surface area contributed by atoms with Crippen molar-refractivity contribution in [2.75, 3.05) is 35.4 Å². The van der Waals surface area contributed by atoms with Gasteiger partial charge in [0.25, 0.3) is 0 Å². The maximum atomic E-state index is 12.2. The van der Waals surface area contributed by atoms with E-state index < -0.39 is 35.8 Å². The van der Waals surface area contributed by atoms with E-state index in [1.165, 1.54) is 42.1 Å². The van der Waals surface area contributed by atoms with Crippen molar-refractivity contribution in [3.63, 3.8) is 0 Å². The van der Waals surface area contributed by atoms with Crippen molar-refractivity contribution in [3.8, 4) is 51.7 Å². The molecule has 0 unspecified atom stereocenters. The Labute approximate surface area is 497 Å². The fraction of sp³-hybridized carbons (Fsp3) is 0.215. The van der Waals surface area contributed by atoms with Crippen molar-refractivity contribution in [1.29, 1.82) is 0 Å². The maximum Gasteiger partial charge on any atom is 0.360 e. The number of benzene rings is 6. The number of para-hydroxylation sites is 3. The lowest BCUT2D eigenvalue weighted by atomic mass is 10.1. The maximum absolute atomic E-state index is 12.2. The van der Waals surface area contributed by atoms with E-state index in [1.54, 1.807) is 72.8 Å². The van der Waals surface area contributed by atoms with Crippen molar-refractivity contribution < 1.29 is 81.6 Å². The van der Waals surface area contributed by atoms with E-state index in [1.807, 2.05) is 91.8 Å². The number of nitrogens with zero attached hydrogens (tertiary/aromatic N) is 4. The monoisotopic (exact) mass is 1180 g/mol. The van der Waals surface area contributed by atoms with Crippen LogP contribution in [-0.2, 0) is 57.8 Å². The molecule has 450 valence electrons. The van der Waals surface area contributed by atoms with Gasteiger partial charge in [-0.05, 0) is 105 Å². The Hall–Kier alpha value is -10.7. The normalized spacial score (nSPS) is 10.2. The fourth-order valence-electron chi connectivity index (χ4n) is 8.03. The quantitative estimate of drug-likeness (QED) is 0.0672. The van der Waals surface area contributed by atoms with E-state index >= 15 is 0 Å². The van der Waals surface area contributed by atoms with Gasteiger partial charge in [-0.2, -0.15) is 0 Å². The van der Waals surface area contributed by atoms with Crippen LogP contribution in [0, 0.1) is 0 Å². The number of carbonyl (C=O) groups excluding carboxylic acids is 6. The summed E-state index contributed by atoms with van der Waals surface area (Å²) in [7, 11) is 7.45. The summed E-state index contributed by atoms with van der Waals surface area (Å²) in [6.45, 7) is 3.90. The highest BCUT2D eigenvalue weighted by Crippen LogP contribution is 2.38. The second-order valence-electron chi connectivity index (χ2n) is 18.0. The highest BCUT2D eigenvalue weighted by atomic mass is 16.6. The van der Waals surface area contributed by atoms with Gasteiger partial charge in [-0.25, -0.2) is 29.3 Å². The smallest absolute Gasteiger partial charge is 0.360 e. The third-order valence-corrected chi connectivity index (χ3v) is 11.7. The molecule has 0 radical (unpaired) electrons. The average molecular weight is 1180 g/mol. The van der Waals surface area contributed by atoms with Crippen LogP contribution in [0.1, 0.15) is 91.6 Å². The zero-order chi connectivity index (χ0) is 59.7. The van der Waals surface area contributed by atoms with Gasteiger partial charge in [0, 0.05) is 59.6 Å². The lowest BCUT2D eigenvalue weighted by Gasteiger charge is -2.15. The molecule has 21 nitrogen and oxygen atoms in total. The highest BCUT2D eigenvalue weighted by molar-refractivity contribution is 6.03. The Morgan fingerprint density at radius 3 is 1.08 bits per heavy atom. The fourth-order valence-corrected chi connectivity index (χ4v) is 8.03. The van der Waals surface area contributed by atoms with E-state index in [0.717, 1.165) is 5.39 Å². The Kier molecular flexibility index (Phi) is 25.0. The molecule has 0 amide bonds. The molecule has 9 aromatic rings. The van der Waals surface area contributed by atoms with Crippen molar-refractivity contribution in [2.24, 2.45) is 0 Å². The number of hydrogen-bond donors (Lipinski definition) is 2. The van der Waals surface area contributed by atoms with Gasteiger partial charge in [-0.1, -0.05) is 76.9 Å². The number of carbonyl (C=O) groups is 6. The molecule has 86 heavy (non-hydrogen) atoms. The van der Waals surface area contributed by atoms with Crippen LogP contribution in [0.4, 0.5) is 0 Å². The van der Waals surface area contributed by atoms with E-state index in [-0.39, 0.29) is 75.5 Å². The molecule has 21 heteroatoms. The molecule has 3 aromatic heterocycles. The van der Waals surface area contributed by atoms with Gasteiger partial charge < -0.3 is 57.7 Å². The van der Waals surface area contributed by atoms with Gasteiger partial charge in [-0.3, -0.25) is 14.4 Å². The summed E-state index contributed by atoms with van der Waals surface area (Å²) < 4.78 is 47.0. The molecular formula is C65H68N4O17. The largest absolute Gasteiger partial charge is 0.505 e. The summed E-state index contributed by atoms with van der Waals surface area (Å²) >= 11 is 0. The topological polar surface area (TPSA) is 268 Å². The molecule has 2 N–H and O–H groups in total. The van der Waals surface area contributed by atoms with Crippen LogP contribution in [0.3, 0.4) is 0 Å². The summed E-state index contributed by atoms with van der Waals surface area (Å²) in [5.74, 6) is -0.833. The first kappa shape index (κ1) is 67.8. The van der Waals surface area contributed by atoms with Crippen molar-refractivity contribution in [1.82, 2.24) is 19.9 Å². The predicted octanol–water partition coefficient (Wildman–Crippen LogP) is 12.9. The second kappa shape index (κ2) is 31.7. The molecule has 9 rings (SSSR count). The lowest BCUT2D eigenvalue weighted by Crippen LogP contribution is -2.15. The van der Waals surface area contributed by atoms with Crippen LogP contribution < -0.4 is 18.9 Å². The zero-order valence-electron chi connectivity index (χ0n) is 46.3. The van der Waals surface area contributed by atoms with Crippen LogP contribution in [-0.4, -0.2) is 101 Å². The van der Waals surface area contributed by atoms with Crippen molar-refractivity contribution >= 4 is 68.1 Å². The Morgan fingerprint density at radius 1 is 0.407 bits per heavy atom. The van der Waals surface area contributed by atoms with E-state index in [2.05, 4.69) is 19.7 Å². The number of methoxy groups -OCH3 is 3. The van der Waals surface area contributed by atoms with E-state index in [4.69, 9.17) is 37.9 Å². The molecule has 0 bridgehead atoms. The van der Waals surface area contributed by atoms with Gasteiger partial charge in [-0.15, -0.1) is 0 Å². The minimum atomic E-state index is -0.790. The van der Waals surface area contributed by atoms with Crippen LogP contribution in [0.2, 0.25) is 0 Å². The average Bonchev–Trinajstić information content (AvgIpc) is 2.01. The highest BCUT2D eigenvalue weighted by Gasteiger charge is 2.25. The first-order valence-electron chi connectivity index (χ1n) is 25.2. The number of esters is 6. The van der Waals surface area contributed by atoms with Crippen molar-refractivity contribution in [3.05, 3.63) is 180 Å². The Bertz CT molecular complexity index is 3840. The molecular weight excluding hydrogens is 1110 g/mol. The van der Waals surface area contributed by atoms with Crippen molar-refractivity contribution in [2.45, 2.75) is 62.8 Å². The molecule has 6 aromatic carbocycles. The summed E-state index contributed by atoms with van der Waals surface area (Å²) in [5, 5.41) is 23.9. The minimum Gasteiger partial charge on any atom is -0.505 e. The first-order chi connectivity index (χ1) is 39.9. The third-order valence-electron chi connectivity index (χ3n) is 11.7. The molecule has 0 saturated heterocycles. The number of fused-ring (bicyclic) bond motifs is 3. The molecule has 0 aliphatic carbocycles. The first-order valence-corrected chi connectivity index (χ1v) is 25.2. The predicted molar refractivity (Wildman–Crippen MR) is 322 cm³/mol.